The maximum absolute atomic E-state index is 5.77. The van der Waals surface area contributed by atoms with Crippen molar-refractivity contribution < 1.29 is 9.47 Å². The van der Waals surface area contributed by atoms with Crippen LogP contribution in [0.1, 0.15) is 12.8 Å². The average Bonchev–Trinajstić information content (AvgIpc) is 2.23. The van der Waals surface area contributed by atoms with E-state index in [1.165, 1.54) is 0 Å². The van der Waals surface area contributed by atoms with Crippen molar-refractivity contribution in [2.24, 2.45) is 0 Å². The first-order chi connectivity index (χ1) is 6.84. The van der Waals surface area contributed by atoms with Gasteiger partial charge in [-0.05, 0) is 37.1 Å². The van der Waals surface area contributed by atoms with Gasteiger partial charge in [-0.2, -0.15) is 0 Å². The maximum atomic E-state index is 5.77. The summed E-state index contributed by atoms with van der Waals surface area (Å²) in [6, 6.07) is 7.44. The number of hydrogen-bond donors (Lipinski definition) is 0. The molecule has 2 rings (SSSR count). The molecule has 0 aromatic heterocycles. The highest BCUT2D eigenvalue weighted by Gasteiger charge is 2.14. The lowest BCUT2D eigenvalue weighted by atomic mass is 10.2. The van der Waals surface area contributed by atoms with E-state index in [0.29, 0.717) is 6.61 Å². The fraction of sp³-hybridized carbons (Fsp3) is 0.455. The molecule has 0 saturated carbocycles. The lowest BCUT2D eigenvalue weighted by Gasteiger charge is -2.23. The van der Waals surface area contributed by atoms with E-state index >= 15 is 0 Å². The van der Waals surface area contributed by atoms with Gasteiger partial charge in [-0.25, -0.2) is 0 Å². The Bertz CT molecular complexity index is 278. The molecule has 0 spiro atoms. The molecule has 1 aliphatic rings. The first-order valence-electron chi connectivity index (χ1n) is 4.84. The van der Waals surface area contributed by atoms with Gasteiger partial charge in [-0.15, -0.1) is 0 Å². The zero-order valence-electron chi connectivity index (χ0n) is 7.91. The highest BCUT2D eigenvalue weighted by molar-refractivity contribution is 6.30. The monoisotopic (exact) mass is 212 g/mol. The van der Waals surface area contributed by atoms with Crippen LogP contribution in [0.5, 0.6) is 5.75 Å². The second-order valence-electron chi connectivity index (χ2n) is 3.41. The van der Waals surface area contributed by atoms with E-state index in [-0.39, 0.29) is 6.10 Å². The molecule has 0 bridgehead atoms. The van der Waals surface area contributed by atoms with Gasteiger partial charge >= 0.3 is 0 Å². The molecule has 1 fully saturated rings. The van der Waals surface area contributed by atoms with E-state index in [0.717, 1.165) is 30.2 Å². The smallest absolute Gasteiger partial charge is 0.122 e. The van der Waals surface area contributed by atoms with E-state index in [4.69, 9.17) is 21.1 Å². The van der Waals surface area contributed by atoms with Gasteiger partial charge in [-0.1, -0.05) is 11.6 Å². The molecular weight excluding hydrogens is 200 g/mol. The Balaban J connectivity index is 1.92. The minimum Gasteiger partial charge on any atom is -0.488 e. The summed E-state index contributed by atoms with van der Waals surface area (Å²) < 4.78 is 11.1. The molecule has 1 atom stereocenters. The van der Waals surface area contributed by atoms with Crippen LogP contribution in [-0.4, -0.2) is 19.3 Å². The molecule has 3 heteroatoms. The number of hydrogen-bond acceptors (Lipinski definition) is 2. The summed E-state index contributed by atoms with van der Waals surface area (Å²) in [4.78, 5) is 0. The fourth-order valence-electron chi connectivity index (χ4n) is 1.51. The van der Waals surface area contributed by atoms with Crippen LogP contribution in [0.25, 0.3) is 0 Å². The van der Waals surface area contributed by atoms with Crippen molar-refractivity contribution in [3.63, 3.8) is 0 Å². The number of rotatable bonds is 2. The second-order valence-corrected chi connectivity index (χ2v) is 3.85. The van der Waals surface area contributed by atoms with Gasteiger partial charge in [-0.3, -0.25) is 0 Å². The third kappa shape index (κ3) is 2.63. The zero-order chi connectivity index (χ0) is 9.80. The summed E-state index contributed by atoms with van der Waals surface area (Å²) in [7, 11) is 0. The van der Waals surface area contributed by atoms with Crippen LogP contribution in [0.15, 0.2) is 24.3 Å². The Hall–Kier alpha value is -0.730. The molecule has 1 heterocycles. The van der Waals surface area contributed by atoms with Crippen LogP contribution in [-0.2, 0) is 4.74 Å². The average molecular weight is 213 g/mol. The molecular formula is C11H13ClO2. The Morgan fingerprint density at radius 2 is 2.07 bits per heavy atom. The molecule has 1 unspecified atom stereocenters. The van der Waals surface area contributed by atoms with Crippen molar-refractivity contribution in [3.8, 4) is 5.75 Å². The first-order valence-corrected chi connectivity index (χ1v) is 5.22. The van der Waals surface area contributed by atoms with Crippen LogP contribution in [0.3, 0.4) is 0 Å². The Labute approximate surface area is 88.8 Å². The standard InChI is InChI=1S/C11H13ClO2/c12-9-3-5-10(6-4-9)14-11-2-1-7-13-8-11/h3-6,11H,1-2,7-8H2. The van der Waals surface area contributed by atoms with Crippen molar-refractivity contribution >= 4 is 11.6 Å². The van der Waals surface area contributed by atoms with Crippen LogP contribution in [0, 0.1) is 0 Å². The van der Waals surface area contributed by atoms with E-state index in [1.807, 2.05) is 24.3 Å². The molecule has 14 heavy (non-hydrogen) atoms. The Morgan fingerprint density at radius 3 is 2.71 bits per heavy atom. The molecule has 76 valence electrons. The Morgan fingerprint density at radius 1 is 1.29 bits per heavy atom. The van der Waals surface area contributed by atoms with Crippen LogP contribution in [0.2, 0.25) is 5.02 Å². The van der Waals surface area contributed by atoms with Crippen LogP contribution in [0.4, 0.5) is 0 Å². The third-order valence-corrected chi connectivity index (χ3v) is 2.49. The summed E-state index contributed by atoms with van der Waals surface area (Å²) in [6.45, 7) is 1.56. The van der Waals surface area contributed by atoms with E-state index in [9.17, 15) is 0 Å². The first kappa shape index (κ1) is 9.81. The molecule has 1 saturated heterocycles. The normalized spacial score (nSPS) is 21.9. The fourth-order valence-corrected chi connectivity index (χ4v) is 1.64. The number of ether oxygens (including phenoxy) is 2. The molecule has 2 nitrogen and oxygen atoms in total. The molecule has 1 aromatic rings. The lowest BCUT2D eigenvalue weighted by molar-refractivity contribution is 0.00743. The predicted octanol–water partition coefficient (Wildman–Crippen LogP) is 2.90. The number of benzene rings is 1. The van der Waals surface area contributed by atoms with Crippen molar-refractivity contribution in [2.45, 2.75) is 18.9 Å². The topological polar surface area (TPSA) is 18.5 Å². The van der Waals surface area contributed by atoms with Gasteiger partial charge in [0.1, 0.15) is 11.9 Å². The number of halogens is 1. The van der Waals surface area contributed by atoms with E-state index < -0.39 is 0 Å². The minimum atomic E-state index is 0.199. The molecule has 1 aliphatic heterocycles. The van der Waals surface area contributed by atoms with Crippen molar-refractivity contribution in [1.29, 1.82) is 0 Å². The van der Waals surface area contributed by atoms with Crippen LogP contribution >= 0.6 is 11.6 Å². The molecule has 1 aromatic carbocycles. The predicted molar refractivity (Wildman–Crippen MR) is 55.9 cm³/mol. The quantitative estimate of drug-likeness (QED) is 0.751. The summed E-state index contributed by atoms with van der Waals surface area (Å²) >= 11 is 5.77. The Kier molecular flexibility index (Phi) is 3.27. The van der Waals surface area contributed by atoms with E-state index in [1.54, 1.807) is 0 Å². The van der Waals surface area contributed by atoms with Gasteiger partial charge in [0.25, 0.3) is 0 Å². The summed E-state index contributed by atoms with van der Waals surface area (Å²) in [5.41, 5.74) is 0. The highest BCUT2D eigenvalue weighted by Crippen LogP contribution is 2.19. The molecule has 0 aliphatic carbocycles. The zero-order valence-corrected chi connectivity index (χ0v) is 8.67. The largest absolute Gasteiger partial charge is 0.488 e. The highest BCUT2D eigenvalue weighted by atomic mass is 35.5. The second kappa shape index (κ2) is 4.67. The van der Waals surface area contributed by atoms with Crippen molar-refractivity contribution in [1.82, 2.24) is 0 Å². The molecule has 0 N–H and O–H groups in total. The van der Waals surface area contributed by atoms with E-state index in [2.05, 4.69) is 0 Å². The SMILES string of the molecule is Clc1ccc(OC2CCCOC2)cc1. The molecule has 0 radical (unpaired) electrons. The van der Waals surface area contributed by atoms with Gasteiger partial charge in [0.15, 0.2) is 0 Å². The van der Waals surface area contributed by atoms with Crippen molar-refractivity contribution in [2.75, 3.05) is 13.2 Å². The summed E-state index contributed by atoms with van der Waals surface area (Å²) in [5, 5.41) is 0.734. The van der Waals surface area contributed by atoms with Gasteiger partial charge in [0, 0.05) is 11.6 Å². The third-order valence-electron chi connectivity index (χ3n) is 2.23. The van der Waals surface area contributed by atoms with Crippen LogP contribution < -0.4 is 4.74 Å². The van der Waals surface area contributed by atoms with Crippen molar-refractivity contribution in [3.05, 3.63) is 29.3 Å². The van der Waals surface area contributed by atoms with Gasteiger partial charge < -0.3 is 9.47 Å². The minimum absolute atomic E-state index is 0.199. The maximum Gasteiger partial charge on any atom is 0.122 e. The summed E-state index contributed by atoms with van der Waals surface area (Å²) in [6.07, 6.45) is 2.35. The summed E-state index contributed by atoms with van der Waals surface area (Å²) in [5.74, 6) is 0.866. The lowest BCUT2D eigenvalue weighted by Crippen LogP contribution is -2.27. The van der Waals surface area contributed by atoms with Gasteiger partial charge in [0.05, 0.1) is 6.61 Å². The molecule has 0 amide bonds. The van der Waals surface area contributed by atoms with Gasteiger partial charge in [0.2, 0.25) is 0 Å².